The fourth-order valence-corrected chi connectivity index (χ4v) is 2.11. The number of hydrogen-bond donors (Lipinski definition) is 3. The van der Waals surface area contributed by atoms with E-state index < -0.39 is 12.0 Å². The van der Waals surface area contributed by atoms with E-state index in [4.69, 9.17) is 10.8 Å². The minimum Gasteiger partial charge on any atom is -0.477 e. The molecule has 1 unspecified atom stereocenters. The third-order valence-corrected chi connectivity index (χ3v) is 3.29. The Morgan fingerprint density at radius 2 is 2.24 bits per heavy atom. The number of carboxylic acid groups (broad SMARTS) is 1. The van der Waals surface area contributed by atoms with Gasteiger partial charge in [-0.25, -0.2) is 9.78 Å². The summed E-state index contributed by atoms with van der Waals surface area (Å²) in [6.07, 6.45) is 0.511. The third-order valence-electron chi connectivity index (χ3n) is 2.09. The van der Waals surface area contributed by atoms with E-state index in [-0.39, 0.29) is 10.8 Å². The van der Waals surface area contributed by atoms with Crippen LogP contribution in [0, 0.1) is 6.92 Å². The topological polar surface area (TPSA) is 105 Å². The monoisotopic (exact) mass is 257 g/mol. The van der Waals surface area contributed by atoms with E-state index in [1.807, 2.05) is 0 Å². The normalized spacial score (nSPS) is 12.2. The van der Waals surface area contributed by atoms with Gasteiger partial charge in [0.2, 0.25) is 5.91 Å². The van der Waals surface area contributed by atoms with Crippen molar-refractivity contribution >= 4 is 23.2 Å². The van der Waals surface area contributed by atoms with Crippen LogP contribution in [-0.2, 0) is 11.2 Å². The van der Waals surface area contributed by atoms with Crippen LogP contribution in [0.15, 0.2) is 0 Å². The Balaban J connectivity index is 2.50. The average molecular weight is 257 g/mol. The Morgan fingerprint density at radius 1 is 1.59 bits per heavy atom. The molecule has 0 aliphatic rings. The van der Waals surface area contributed by atoms with Crippen LogP contribution in [0.4, 0.5) is 0 Å². The first-order valence-corrected chi connectivity index (χ1v) is 5.96. The highest BCUT2D eigenvalue weighted by Crippen LogP contribution is 2.17. The van der Waals surface area contributed by atoms with Crippen molar-refractivity contribution in [2.24, 2.45) is 5.73 Å². The fourth-order valence-electron chi connectivity index (χ4n) is 1.21. The molecule has 0 saturated carbocycles. The molecular formula is C10H15N3O3S. The molecule has 1 atom stereocenters. The van der Waals surface area contributed by atoms with Gasteiger partial charge in [-0.15, -0.1) is 11.3 Å². The van der Waals surface area contributed by atoms with Crippen molar-refractivity contribution in [3.05, 3.63) is 15.6 Å². The number of nitrogens with two attached hydrogens (primary N) is 1. The quantitative estimate of drug-likeness (QED) is 0.696. The van der Waals surface area contributed by atoms with E-state index in [9.17, 15) is 9.59 Å². The lowest BCUT2D eigenvalue weighted by molar-refractivity contribution is -0.121. The van der Waals surface area contributed by atoms with Crippen molar-refractivity contribution < 1.29 is 14.7 Å². The number of nitrogens with one attached hydrogen (secondary N) is 1. The minimum absolute atomic E-state index is 0.225. The van der Waals surface area contributed by atoms with Gasteiger partial charge >= 0.3 is 5.97 Å². The van der Waals surface area contributed by atoms with Crippen LogP contribution < -0.4 is 11.1 Å². The Kier molecular flexibility index (Phi) is 4.59. The summed E-state index contributed by atoms with van der Waals surface area (Å²) in [6, 6.07) is -0.539. The second-order valence-electron chi connectivity index (χ2n) is 3.66. The third kappa shape index (κ3) is 3.79. The van der Waals surface area contributed by atoms with Crippen molar-refractivity contribution in [1.29, 1.82) is 0 Å². The zero-order valence-corrected chi connectivity index (χ0v) is 10.5. The Bertz CT molecular complexity index is 428. The summed E-state index contributed by atoms with van der Waals surface area (Å²) >= 11 is 1.13. The molecule has 0 aliphatic carbocycles. The summed E-state index contributed by atoms with van der Waals surface area (Å²) < 4.78 is 0. The van der Waals surface area contributed by atoms with E-state index in [1.165, 1.54) is 0 Å². The van der Waals surface area contributed by atoms with Crippen molar-refractivity contribution in [1.82, 2.24) is 10.3 Å². The van der Waals surface area contributed by atoms with Crippen molar-refractivity contribution in [3.63, 3.8) is 0 Å². The number of carbonyl (C=O) groups is 2. The first-order chi connectivity index (χ1) is 7.91. The van der Waals surface area contributed by atoms with E-state index in [1.54, 1.807) is 13.8 Å². The number of carbonyl (C=O) groups excluding carboxylic acids is 1. The van der Waals surface area contributed by atoms with Gasteiger partial charge < -0.3 is 16.2 Å². The molecule has 1 aromatic rings. The zero-order chi connectivity index (χ0) is 13.0. The molecule has 0 radical (unpaired) electrons. The molecule has 94 valence electrons. The SMILES string of the molecule is Cc1nc(CCNC(=O)C(C)N)sc1C(=O)O. The van der Waals surface area contributed by atoms with Gasteiger partial charge in [-0.2, -0.15) is 0 Å². The highest BCUT2D eigenvalue weighted by molar-refractivity contribution is 7.13. The van der Waals surface area contributed by atoms with Crippen LogP contribution in [0.1, 0.15) is 27.3 Å². The predicted molar refractivity (Wildman–Crippen MR) is 64.2 cm³/mol. The number of hydrogen-bond acceptors (Lipinski definition) is 5. The molecule has 0 aromatic carbocycles. The molecule has 6 nitrogen and oxygen atoms in total. The van der Waals surface area contributed by atoms with Crippen LogP contribution in [0.2, 0.25) is 0 Å². The summed E-state index contributed by atoms with van der Waals surface area (Å²) in [5.41, 5.74) is 5.89. The van der Waals surface area contributed by atoms with E-state index >= 15 is 0 Å². The number of rotatable bonds is 5. The molecule has 1 amide bonds. The highest BCUT2D eigenvalue weighted by Gasteiger charge is 2.14. The number of aromatic carboxylic acids is 1. The molecule has 0 spiro atoms. The van der Waals surface area contributed by atoms with Gasteiger partial charge in [0.25, 0.3) is 0 Å². The highest BCUT2D eigenvalue weighted by atomic mass is 32.1. The van der Waals surface area contributed by atoms with Crippen LogP contribution in [-0.4, -0.2) is 34.6 Å². The summed E-state index contributed by atoms with van der Waals surface area (Å²) in [6.45, 7) is 3.67. The average Bonchev–Trinajstić information content (AvgIpc) is 2.59. The number of aryl methyl sites for hydroxylation is 1. The van der Waals surface area contributed by atoms with E-state index in [0.717, 1.165) is 11.3 Å². The van der Waals surface area contributed by atoms with Gasteiger partial charge in [0.15, 0.2) is 0 Å². The first kappa shape index (κ1) is 13.6. The fraction of sp³-hybridized carbons (Fsp3) is 0.500. The molecule has 0 saturated heterocycles. The molecule has 4 N–H and O–H groups in total. The first-order valence-electron chi connectivity index (χ1n) is 5.14. The number of carboxylic acids is 1. The van der Waals surface area contributed by atoms with Gasteiger partial charge in [-0.3, -0.25) is 4.79 Å². The maximum absolute atomic E-state index is 11.2. The Morgan fingerprint density at radius 3 is 2.71 bits per heavy atom. The number of aromatic nitrogens is 1. The Labute approximate surface area is 103 Å². The summed E-state index contributed by atoms with van der Waals surface area (Å²) in [7, 11) is 0. The maximum atomic E-state index is 11.2. The molecule has 1 heterocycles. The molecule has 1 aromatic heterocycles. The summed E-state index contributed by atoms with van der Waals surface area (Å²) in [5.74, 6) is -1.19. The van der Waals surface area contributed by atoms with E-state index in [2.05, 4.69) is 10.3 Å². The zero-order valence-electron chi connectivity index (χ0n) is 9.69. The van der Waals surface area contributed by atoms with Gasteiger partial charge in [-0.05, 0) is 13.8 Å². The smallest absolute Gasteiger partial charge is 0.347 e. The van der Waals surface area contributed by atoms with Gasteiger partial charge in [-0.1, -0.05) is 0 Å². The molecule has 17 heavy (non-hydrogen) atoms. The number of amides is 1. The lowest BCUT2D eigenvalue weighted by Gasteiger charge is -2.05. The second-order valence-corrected chi connectivity index (χ2v) is 4.74. The summed E-state index contributed by atoms with van der Waals surface area (Å²) in [5, 5.41) is 12.2. The molecule has 0 bridgehead atoms. The second kappa shape index (κ2) is 5.74. The van der Waals surface area contributed by atoms with Crippen LogP contribution in [0.5, 0.6) is 0 Å². The largest absolute Gasteiger partial charge is 0.477 e. The van der Waals surface area contributed by atoms with Gasteiger partial charge in [0, 0.05) is 13.0 Å². The lowest BCUT2D eigenvalue weighted by Crippen LogP contribution is -2.39. The van der Waals surface area contributed by atoms with Gasteiger partial charge in [0.1, 0.15) is 4.88 Å². The molecule has 0 aliphatic heterocycles. The van der Waals surface area contributed by atoms with Crippen LogP contribution in [0.3, 0.4) is 0 Å². The number of nitrogens with zero attached hydrogens (tertiary/aromatic N) is 1. The van der Waals surface area contributed by atoms with Crippen LogP contribution >= 0.6 is 11.3 Å². The predicted octanol–water partition coefficient (Wildman–Crippen LogP) is 0.156. The lowest BCUT2D eigenvalue weighted by atomic mass is 10.3. The van der Waals surface area contributed by atoms with E-state index in [0.29, 0.717) is 23.7 Å². The van der Waals surface area contributed by atoms with Crippen LogP contribution in [0.25, 0.3) is 0 Å². The Hall–Kier alpha value is -1.47. The van der Waals surface area contributed by atoms with Crippen molar-refractivity contribution in [2.45, 2.75) is 26.3 Å². The van der Waals surface area contributed by atoms with Crippen molar-refractivity contribution in [2.75, 3.05) is 6.54 Å². The maximum Gasteiger partial charge on any atom is 0.347 e. The molecule has 7 heteroatoms. The van der Waals surface area contributed by atoms with Crippen molar-refractivity contribution in [3.8, 4) is 0 Å². The molecule has 0 fully saturated rings. The van der Waals surface area contributed by atoms with Gasteiger partial charge in [0.05, 0.1) is 16.7 Å². The minimum atomic E-state index is -0.967. The summed E-state index contributed by atoms with van der Waals surface area (Å²) in [4.78, 5) is 26.3. The number of thiazole rings is 1. The molecular weight excluding hydrogens is 242 g/mol. The standard InChI is InChI=1S/C10H15N3O3S/c1-5(11)9(14)12-4-3-7-13-6(2)8(17-7)10(15)16/h5H,3-4,11H2,1-2H3,(H,12,14)(H,15,16). The molecule has 1 rings (SSSR count).